The summed E-state index contributed by atoms with van der Waals surface area (Å²) in [5, 5.41) is 0. The predicted molar refractivity (Wildman–Crippen MR) is 150 cm³/mol. The molecule has 0 spiro atoms. The molecule has 8 nitrogen and oxygen atoms in total. The van der Waals surface area contributed by atoms with E-state index in [0.29, 0.717) is 24.3 Å². The molecule has 0 saturated carbocycles. The lowest BCUT2D eigenvalue weighted by molar-refractivity contribution is -0.0287. The number of hydrogen-bond donors (Lipinski definition) is 0. The quantitative estimate of drug-likeness (QED) is 0.180. The second-order valence-corrected chi connectivity index (χ2v) is 10.4. The Labute approximate surface area is 237 Å². The average Bonchev–Trinajstić information content (AvgIpc) is 3.56. The van der Waals surface area contributed by atoms with E-state index in [1.807, 2.05) is 0 Å². The SMILES string of the molecule is CCCCCCOc1ccc(C(=O)O[C@H]2CO[C@@H]3[C@H]2OC[C@H]3OC(=O)c2ccc(OCCCCCC)cc2)cc1. The van der Waals surface area contributed by atoms with Gasteiger partial charge in [0.2, 0.25) is 0 Å². The van der Waals surface area contributed by atoms with Crippen molar-refractivity contribution >= 4 is 11.9 Å². The molecule has 4 atom stereocenters. The Kier molecular flexibility index (Phi) is 11.7. The predicted octanol–water partition coefficient (Wildman–Crippen LogP) is 6.15. The van der Waals surface area contributed by atoms with Crippen LogP contribution in [-0.4, -0.2) is 62.8 Å². The van der Waals surface area contributed by atoms with Gasteiger partial charge in [-0.15, -0.1) is 0 Å². The zero-order valence-electron chi connectivity index (χ0n) is 23.7. The van der Waals surface area contributed by atoms with Crippen molar-refractivity contribution in [2.45, 2.75) is 89.6 Å². The molecule has 218 valence electrons. The number of rotatable bonds is 16. The van der Waals surface area contributed by atoms with Gasteiger partial charge in [0, 0.05) is 0 Å². The van der Waals surface area contributed by atoms with Crippen molar-refractivity contribution in [1.29, 1.82) is 0 Å². The molecule has 0 unspecified atom stereocenters. The van der Waals surface area contributed by atoms with Crippen LogP contribution in [0.1, 0.15) is 85.9 Å². The van der Waals surface area contributed by atoms with Crippen LogP contribution in [0.5, 0.6) is 11.5 Å². The van der Waals surface area contributed by atoms with Gasteiger partial charge >= 0.3 is 11.9 Å². The molecule has 2 heterocycles. The van der Waals surface area contributed by atoms with Crippen molar-refractivity contribution in [3.8, 4) is 11.5 Å². The van der Waals surface area contributed by atoms with E-state index in [9.17, 15) is 9.59 Å². The molecule has 0 bridgehead atoms. The largest absolute Gasteiger partial charge is 0.494 e. The number of ether oxygens (including phenoxy) is 6. The highest BCUT2D eigenvalue weighted by Crippen LogP contribution is 2.31. The van der Waals surface area contributed by atoms with Crippen LogP contribution in [0.4, 0.5) is 0 Å². The number of carbonyl (C=O) groups excluding carboxylic acids is 2. The summed E-state index contributed by atoms with van der Waals surface area (Å²) in [5.41, 5.74) is 0.854. The molecule has 2 aromatic carbocycles. The van der Waals surface area contributed by atoms with E-state index in [4.69, 9.17) is 28.4 Å². The van der Waals surface area contributed by atoms with Crippen molar-refractivity contribution in [3.05, 3.63) is 59.7 Å². The summed E-state index contributed by atoms with van der Waals surface area (Å²) < 4.78 is 34.6. The number of unbranched alkanes of at least 4 members (excludes halogenated alkanes) is 6. The summed E-state index contributed by atoms with van der Waals surface area (Å²) in [4.78, 5) is 25.5. The van der Waals surface area contributed by atoms with Gasteiger partial charge in [-0.25, -0.2) is 9.59 Å². The summed E-state index contributed by atoms with van der Waals surface area (Å²) in [6.07, 6.45) is 6.97. The monoisotopic (exact) mass is 554 g/mol. The Balaban J connectivity index is 1.20. The van der Waals surface area contributed by atoms with Gasteiger partial charge in [-0.1, -0.05) is 52.4 Å². The van der Waals surface area contributed by atoms with E-state index in [-0.39, 0.29) is 13.2 Å². The second-order valence-electron chi connectivity index (χ2n) is 10.4. The molecular formula is C32H42O8. The summed E-state index contributed by atoms with van der Waals surface area (Å²) in [7, 11) is 0. The minimum atomic E-state index is -0.579. The Morgan fingerprint density at radius 2 is 1.02 bits per heavy atom. The van der Waals surface area contributed by atoms with Crippen LogP contribution < -0.4 is 9.47 Å². The molecule has 0 radical (unpaired) electrons. The van der Waals surface area contributed by atoms with Crippen LogP contribution in [0.15, 0.2) is 48.5 Å². The van der Waals surface area contributed by atoms with Gasteiger partial charge < -0.3 is 28.4 Å². The van der Waals surface area contributed by atoms with Crippen LogP contribution >= 0.6 is 0 Å². The van der Waals surface area contributed by atoms with Crippen LogP contribution in [0.25, 0.3) is 0 Å². The maximum Gasteiger partial charge on any atom is 0.338 e. The van der Waals surface area contributed by atoms with E-state index in [1.54, 1.807) is 48.5 Å². The van der Waals surface area contributed by atoms with E-state index >= 15 is 0 Å². The van der Waals surface area contributed by atoms with Gasteiger partial charge in [-0.3, -0.25) is 0 Å². The van der Waals surface area contributed by atoms with Crippen LogP contribution in [0.3, 0.4) is 0 Å². The number of benzene rings is 2. The maximum atomic E-state index is 12.7. The van der Waals surface area contributed by atoms with Gasteiger partial charge in [0.05, 0.1) is 37.6 Å². The molecule has 8 heteroatoms. The molecule has 0 aromatic heterocycles. The Bertz CT molecular complexity index is 966. The standard InChI is InChI=1S/C32H42O8/c1-3-5-7-9-19-35-25-15-11-23(12-16-25)31(33)39-27-21-37-30-28(22-38-29(27)30)40-32(34)24-13-17-26(18-14-24)36-20-10-8-6-4-2/h11-18,27-30H,3-10,19-22H2,1-2H3/t27-,28+,29-,30-/m0/s1. The lowest BCUT2D eigenvalue weighted by Crippen LogP contribution is -2.36. The first-order valence-electron chi connectivity index (χ1n) is 14.7. The third-order valence-electron chi connectivity index (χ3n) is 7.19. The zero-order chi connectivity index (χ0) is 28.2. The first-order chi connectivity index (χ1) is 19.6. The molecule has 2 saturated heterocycles. The van der Waals surface area contributed by atoms with Crippen molar-refractivity contribution < 1.29 is 38.0 Å². The highest BCUT2D eigenvalue weighted by Gasteiger charge is 2.51. The van der Waals surface area contributed by atoms with Gasteiger partial charge in [-0.05, 0) is 61.4 Å². The molecule has 40 heavy (non-hydrogen) atoms. The zero-order valence-corrected chi connectivity index (χ0v) is 23.7. The lowest BCUT2D eigenvalue weighted by atomic mass is 10.1. The topological polar surface area (TPSA) is 89.5 Å². The van der Waals surface area contributed by atoms with Crippen molar-refractivity contribution in [3.63, 3.8) is 0 Å². The summed E-state index contributed by atoms with van der Waals surface area (Å²) in [6.45, 7) is 6.03. The first kappa shape index (κ1) is 29.9. The fraction of sp³-hybridized carbons (Fsp3) is 0.562. The first-order valence-corrected chi connectivity index (χ1v) is 14.7. The normalized spacial score (nSPS) is 21.6. The van der Waals surface area contributed by atoms with E-state index in [1.165, 1.54) is 25.7 Å². The third-order valence-corrected chi connectivity index (χ3v) is 7.19. The number of carbonyl (C=O) groups is 2. The summed E-state index contributed by atoms with van der Waals surface area (Å²) >= 11 is 0. The third kappa shape index (κ3) is 8.45. The Morgan fingerprint density at radius 3 is 1.40 bits per heavy atom. The fourth-order valence-corrected chi connectivity index (χ4v) is 4.85. The number of esters is 2. The molecule has 0 N–H and O–H groups in total. The van der Waals surface area contributed by atoms with Gasteiger partial charge in [0.15, 0.2) is 12.2 Å². The second kappa shape index (κ2) is 15.6. The highest BCUT2D eigenvalue weighted by atomic mass is 16.7. The molecule has 4 rings (SSSR count). The Morgan fingerprint density at radius 1 is 0.625 bits per heavy atom. The highest BCUT2D eigenvalue weighted by molar-refractivity contribution is 5.90. The van der Waals surface area contributed by atoms with Gasteiger partial charge in [0.25, 0.3) is 0 Å². The maximum absolute atomic E-state index is 12.7. The number of fused-ring (bicyclic) bond motifs is 1. The van der Waals surface area contributed by atoms with Crippen molar-refractivity contribution in [2.75, 3.05) is 26.4 Å². The van der Waals surface area contributed by atoms with Crippen LogP contribution in [-0.2, 0) is 18.9 Å². The molecule has 0 aliphatic carbocycles. The molecule has 2 fully saturated rings. The minimum Gasteiger partial charge on any atom is -0.494 e. The number of hydrogen-bond acceptors (Lipinski definition) is 8. The summed E-state index contributed by atoms with van der Waals surface area (Å²) in [6, 6.07) is 13.9. The molecule has 2 aliphatic rings. The fourth-order valence-electron chi connectivity index (χ4n) is 4.85. The molecule has 2 aromatic rings. The molecule has 0 amide bonds. The molecular weight excluding hydrogens is 512 g/mol. The average molecular weight is 555 g/mol. The van der Waals surface area contributed by atoms with Gasteiger partial charge in [-0.2, -0.15) is 0 Å². The van der Waals surface area contributed by atoms with E-state index < -0.39 is 36.4 Å². The van der Waals surface area contributed by atoms with E-state index in [2.05, 4.69) is 13.8 Å². The molecule has 2 aliphatic heterocycles. The Hall–Kier alpha value is -3.10. The minimum absolute atomic E-state index is 0.179. The van der Waals surface area contributed by atoms with E-state index in [0.717, 1.165) is 37.2 Å². The summed E-state index contributed by atoms with van der Waals surface area (Å²) in [5.74, 6) is 0.539. The van der Waals surface area contributed by atoms with Crippen molar-refractivity contribution in [2.24, 2.45) is 0 Å². The smallest absolute Gasteiger partial charge is 0.338 e. The van der Waals surface area contributed by atoms with Crippen LogP contribution in [0, 0.1) is 0 Å². The van der Waals surface area contributed by atoms with Crippen LogP contribution in [0.2, 0.25) is 0 Å². The van der Waals surface area contributed by atoms with Crippen molar-refractivity contribution in [1.82, 2.24) is 0 Å². The van der Waals surface area contributed by atoms with Gasteiger partial charge in [0.1, 0.15) is 23.7 Å². The lowest BCUT2D eigenvalue weighted by Gasteiger charge is -2.17.